The fraction of sp³-hybridized carbons (Fsp3) is 0.154. The average Bonchev–Trinajstić information content (AvgIpc) is 2.48. The lowest BCUT2D eigenvalue weighted by Gasteiger charge is -2.21. The molecule has 0 aliphatic carbocycles. The number of ether oxygens (including phenoxy) is 1. The molecule has 0 atom stereocenters. The number of aryl methyl sites for hydroxylation is 1. The van der Waals surface area contributed by atoms with E-state index in [-0.39, 0.29) is 26.2 Å². The summed E-state index contributed by atoms with van der Waals surface area (Å²) in [6.45, 7) is 1.62. The van der Waals surface area contributed by atoms with Gasteiger partial charge in [-0.2, -0.15) is 17.7 Å². The number of carbonyl (C=O) groups is 1. The first-order valence-electron chi connectivity index (χ1n) is 6.56. The topological polar surface area (TPSA) is 122 Å². The van der Waals surface area contributed by atoms with E-state index in [1.165, 1.54) is 31.4 Å². The highest BCUT2D eigenvalue weighted by molar-refractivity contribution is 7.88. The maximum absolute atomic E-state index is 12.4. The molecule has 0 radical (unpaired) electrons. The zero-order valence-electron chi connectivity index (χ0n) is 12.9. The SMILES string of the molecule is COc1cc(C)nc(NC(=O)N(c2c(Cl)cccc2Cl)S(=O)(=O)O)n1. The van der Waals surface area contributed by atoms with Crippen LogP contribution < -0.4 is 14.4 Å². The minimum Gasteiger partial charge on any atom is -0.481 e. The molecule has 1 aromatic carbocycles. The van der Waals surface area contributed by atoms with Gasteiger partial charge in [-0.25, -0.2) is 9.78 Å². The highest BCUT2D eigenvalue weighted by Crippen LogP contribution is 2.35. The molecule has 0 bridgehead atoms. The summed E-state index contributed by atoms with van der Waals surface area (Å²) in [7, 11) is -3.68. The van der Waals surface area contributed by atoms with Gasteiger partial charge in [0.15, 0.2) is 0 Å². The van der Waals surface area contributed by atoms with E-state index in [1.807, 2.05) is 0 Å². The number of hydrogen-bond acceptors (Lipinski definition) is 6. The van der Waals surface area contributed by atoms with E-state index in [4.69, 9.17) is 27.9 Å². The van der Waals surface area contributed by atoms with Crippen molar-refractivity contribution in [3.05, 3.63) is 40.0 Å². The van der Waals surface area contributed by atoms with Crippen molar-refractivity contribution in [1.29, 1.82) is 0 Å². The second-order valence-electron chi connectivity index (χ2n) is 4.62. The van der Waals surface area contributed by atoms with Gasteiger partial charge in [-0.15, -0.1) is 0 Å². The number of aromatic nitrogens is 2. The third-order valence-corrected chi connectivity index (χ3v) is 4.23. The smallest absolute Gasteiger partial charge is 0.368 e. The van der Waals surface area contributed by atoms with Crippen LogP contribution in [0.4, 0.5) is 16.4 Å². The van der Waals surface area contributed by atoms with Crippen molar-refractivity contribution < 1.29 is 22.5 Å². The molecule has 2 rings (SSSR count). The molecule has 2 aromatic rings. The zero-order chi connectivity index (χ0) is 18.8. The van der Waals surface area contributed by atoms with Crippen molar-refractivity contribution in [3.8, 4) is 5.88 Å². The van der Waals surface area contributed by atoms with Crippen LogP contribution in [0, 0.1) is 6.92 Å². The monoisotopic (exact) mass is 406 g/mol. The summed E-state index contributed by atoms with van der Waals surface area (Å²) >= 11 is 11.8. The fourth-order valence-electron chi connectivity index (χ4n) is 1.85. The van der Waals surface area contributed by atoms with Crippen molar-refractivity contribution in [3.63, 3.8) is 0 Å². The lowest BCUT2D eigenvalue weighted by atomic mass is 10.3. The molecular formula is C13H12Cl2N4O5S. The summed E-state index contributed by atoms with van der Waals surface area (Å²) in [5, 5.41) is 1.82. The summed E-state index contributed by atoms with van der Waals surface area (Å²) in [4.78, 5) is 20.2. The predicted molar refractivity (Wildman–Crippen MR) is 92.8 cm³/mol. The van der Waals surface area contributed by atoms with Crippen LogP contribution >= 0.6 is 23.2 Å². The molecule has 0 saturated heterocycles. The Hall–Kier alpha value is -2.14. The number of methoxy groups -OCH3 is 1. The van der Waals surface area contributed by atoms with E-state index in [0.29, 0.717) is 5.69 Å². The molecule has 0 unspecified atom stereocenters. The zero-order valence-corrected chi connectivity index (χ0v) is 15.2. The van der Waals surface area contributed by atoms with Crippen LogP contribution in [0.15, 0.2) is 24.3 Å². The Morgan fingerprint density at radius 3 is 2.40 bits per heavy atom. The van der Waals surface area contributed by atoms with Gasteiger partial charge in [0.05, 0.1) is 17.2 Å². The number of halogens is 2. The maximum atomic E-state index is 12.4. The van der Waals surface area contributed by atoms with Crippen LogP contribution in [0.1, 0.15) is 5.69 Å². The summed E-state index contributed by atoms with van der Waals surface area (Å²) in [6.07, 6.45) is 0. The van der Waals surface area contributed by atoms with Gasteiger partial charge in [-0.05, 0) is 19.1 Å². The number of carbonyl (C=O) groups excluding carboxylic acids is 1. The van der Waals surface area contributed by atoms with E-state index in [9.17, 15) is 17.8 Å². The largest absolute Gasteiger partial charge is 0.481 e. The molecule has 0 saturated carbocycles. The first-order valence-corrected chi connectivity index (χ1v) is 8.71. The van der Waals surface area contributed by atoms with Gasteiger partial charge in [0.1, 0.15) is 5.69 Å². The number of rotatable bonds is 4. The van der Waals surface area contributed by atoms with E-state index in [0.717, 1.165) is 0 Å². The first-order chi connectivity index (χ1) is 11.6. The Balaban J connectivity index is 2.47. The average molecular weight is 407 g/mol. The number of urea groups is 1. The van der Waals surface area contributed by atoms with Crippen LogP contribution in [0.2, 0.25) is 10.0 Å². The molecular weight excluding hydrogens is 395 g/mol. The van der Waals surface area contributed by atoms with Crippen molar-refractivity contribution >= 4 is 51.2 Å². The van der Waals surface area contributed by atoms with Gasteiger partial charge in [0.2, 0.25) is 11.8 Å². The summed E-state index contributed by atoms with van der Waals surface area (Å²) < 4.78 is 37.8. The molecule has 134 valence electrons. The lowest BCUT2D eigenvalue weighted by Crippen LogP contribution is -2.40. The predicted octanol–water partition coefficient (Wildman–Crippen LogP) is 2.94. The van der Waals surface area contributed by atoms with Crippen LogP contribution in [0.25, 0.3) is 0 Å². The van der Waals surface area contributed by atoms with E-state index in [1.54, 1.807) is 6.92 Å². The normalized spacial score (nSPS) is 11.1. The third-order valence-electron chi connectivity index (χ3n) is 2.81. The molecule has 9 nitrogen and oxygen atoms in total. The Labute approximate surface area is 153 Å². The van der Waals surface area contributed by atoms with Gasteiger partial charge in [-0.1, -0.05) is 29.3 Å². The number of amides is 2. The van der Waals surface area contributed by atoms with Gasteiger partial charge in [0.25, 0.3) is 0 Å². The summed E-state index contributed by atoms with van der Waals surface area (Å²) in [6, 6.07) is 4.27. The molecule has 0 aliphatic heterocycles. The Morgan fingerprint density at radius 2 is 1.88 bits per heavy atom. The van der Waals surface area contributed by atoms with Crippen LogP contribution in [-0.2, 0) is 10.3 Å². The lowest BCUT2D eigenvalue weighted by molar-refractivity contribution is 0.259. The number of nitrogens with one attached hydrogen (secondary N) is 1. The molecule has 2 amide bonds. The molecule has 1 aromatic heterocycles. The van der Waals surface area contributed by atoms with Gasteiger partial charge in [-0.3, -0.25) is 9.87 Å². The van der Waals surface area contributed by atoms with E-state index < -0.39 is 22.0 Å². The van der Waals surface area contributed by atoms with Crippen LogP contribution in [-0.4, -0.2) is 36.1 Å². The molecule has 12 heteroatoms. The van der Waals surface area contributed by atoms with Gasteiger partial charge in [0, 0.05) is 11.8 Å². The van der Waals surface area contributed by atoms with Crippen LogP contribution in [0.5, 0.6) is 5.88 Å². The van der Waals surface area contributed by atoms with Crippen molar-refractivity contribution in [2.75, 3.05) is 16.7 Å². The number of nitrogens with zero attached hydrogens (tertiary/aromatic N) is 3. The number of benzene rings is 1. The van der Waals surface area contributed by atoms with E-state index in [2.05, 4.69) is 15.3 Å². The Morgan fingerprint density at radius 1 is 1.28 bits per heavy atom. The van der Waals surface area contributed by atoms with Gasteiger partial charge < -0.3 is 4.74 Å². The van der Waals surface area contributed by atoms with Crippen molar-refractivity contribution in [2.24, 2.45) is 0 Å². The standard InChI is InChI=1S/C13H12Cl2N4O5S/c1-7-6-10(24-2)17-12(16-7)18-13(20)19(25(21,22)23)11-8(14)4-3-5-9(11)15/h3-6H,1-2H3,(H,21,22,23)(H,16,17,18,20). The third kappa shape index (κ3) is 4.48. The highest BCUT2D eigenvalue weighted by atomic mass is 35.5. The number of para-hydroxylation sites is 1. The summed E-state index contributed by atoms with van der Waals surface area (Å²) in [5.41, 5.74) is 0.0433. The van der Waals surface area contributed by atoms with Crippen LogP contribution in [0.3, 0.4) is 0 Å². The molecule has 0 fully saturated rings. The van der Waals surface area contributed by atoms with E-state index >= 15 is 0 Å². The second-order valence-corrected chi connectivity index (χ2v) is 6.69. The number of hydrogen-bond donors (Lipinski definition) is 2. The quantitative estimate of drug-likeness (QED) is 0.748. The molecule has 0 aliphatic rings. The maximum Gasteiger partial charge on any atom is 0.368 e. The first kappa shape index (κ1) is 19.2. The van der Waals surface area contributed by atoms with Crippen molar-refractivity contribution in [1.82, 2.24) is 9.97 Å². The summed E-state index contributed by atoms with van der Waals surface area (Å²) in [5.74, 6) is -0.0874. The fourth-order valence-corrected chi connectivity index (χ4v) is 3.20. The van der Waals surface area contributed by atoms with Crippen molar-refractivity contribution in [2.45, 2.75) is 6.92 Å². The molecule has 1 heterocycles. The minimum absolute atomic E-state index is 0.00976. The highest BCUT2D eigenvalue weighted by Gasteiger charge is 2.32. The molecule has 0 spiro atoms. The second kappa shape index (κ2) is 7.40. The molecule has 2 N–H and O–H groups in total. The Bertz CT molecular complexity index is 902. The van der Waals surface area contributed by atoms with Gasteiger partial charge >= 0.3 is 16.3 Å². The minimum atomic E-state index is -5.04. The molecule has 25 heavy (non-hydrogen) atoms. The Kier molecular flexibility index (Phi) is 5.68. The number of anilines is 2.